The van der Waals surface area contributed by atoms with E-state index in [1.54, 1.807) is 18.2 Å². The molecule has 2 unspecified atom stereocenters. The maximum atomic E-state index is 10.7. The Morgan fingerprint density at radius 1 is 1.53 bits per heavy atom. The number of morpholine rings is 1. The number of hydrogen-bond donors (Lipinski definition) is 0. The van der Waals surface area contributed by atoms with Gasteiger partial charge in [0.25, 0.3) is 5.69 Å². The Hall–Kier alpha value is -1.14. The number of nitrogens with zero attached hydrogens (tertiary/aromatic N) is 2. The van der Waals surface area contributed by atoms with Gasteiger partial charge in [0.2, 0.25) is 0 Å². The highest BCUT2D eigenvalue weighted by atomic mass is 79.9. The second-order valence-electron chi connectivity index (χ2n) is 4.77. The van der Waals surface area contributed by atoms with Crippen molar-refractivity contribution in [2.75, 3.05) is 18.0 Å². The predicted octanol–water partition coefficient (Wildman–Crippen LogP) is 3.36. The summed E-state index contributed by atoms with van der Waals surface area (Å²) in [5.41, 5.74) is 1.09. The second-order valence-corrected chi connectivity index (χ2v) is 5.63. The van der Waals surface area contributed by atoms with Crippen molar-refractivity contribution in [3.05, 3.63) is 32.8 Å². The first-order valence-corrected chi connectivity index (χ1v) is 7.15. The first-order valence-electron chi connectivity index (χ1n) is 6.35. The average molecular weight is 329 g/mol. The number of non-ortho nitro benzene ring substituents is 1. The first-order chi connectivity index (χ1) is 9.01. The number of nitro benzene ring substituents is 1. The zero-order chi connectivity index (χ0) is 14.0. The molecule has 19 heavy (non-hydrogen) atoms. The van der Waals surface area contributed by atoms with Crippen LogP contribution in [0.2, 0.25) is 0 Å². The van der Waals surface area contributed by atoms with Gasteiger partial charge in [-0.25, -0.2) is 0 Å². The van der Waals surface area contributed by atoms with Crippen LogP contribution in [0.4, 0.5) is 11.4 Å². The third-order valence-corrected chi connectivity index (χ3v) is 3.90. The Morgan fingerprint density at radius 2 is 2.26 bits per heavy atom. The van der Waals surface area contributed by atoms with E-state index < -0.39 is 0 Å². The molecule has 0 bridgehead atoms. The van der Waals surface area contributed by atoms with Gasteiger partial charge in [0.05, 0.1) is 22.8 Å². The molecular formula is C13H17BrN2O3. The minimum Gasteiger partial charge on any atom is -0.372 e. The summed E-state index contributed by atoms with van der Waals surface area (Å²) in [6.45, 7) is 5.77. The highest BCUT2D eigenvalue weighted by molar-refractivity contribution is 9.10. The van der Waals surface area contributed by atoms with Gasteiger partial charge in [0.1, 0.15) is 0 Å². The lowest BCUT2D eigenvalue weighted by atomic mass is 10.1. The molecule has 1 aromatic carbocycles. The molecule has 6 heteroatoms. The van der Waals surface area contributed by atoms with Crippen molar-refractivity contribution in [3.63, 3.8) is 0 Å². The molecule has 2 atom stereocenters. The number of hydrogen-bond acceptors (Lipinski definition) is 4. The van der Waals surface area contributed by atoms with Gasteiger partial charge in [-0.1, -0.05) is 6.92 Å². The lowest BCUT2D eigenvalue weighted by Crippen LogP contribution is -2.46. The van der Waals surface area contributed by atoms with E-state index in [9.17, 15) is 10.1 Å². The summed E-state index contributed by atoms with van der Waals surface area (Å²) in [5.74, 6) is 0. The molecule has 0 aliphatic carbocycles. The molecule has 1 aromatic rings. The lowest BCUT2D eigenvalue weighted by Gasteiger charge is -2.38. The molecule has 0 radical (unpaired) electrons. The number of rotatable bonds is 3. The molecule has 1 fully saturated rings. The predicted molar refractivity (Wildman–Crippen MR) is 77.6 cm³/mol. The van der Waals surface area contributed by atoms with E-state index in [2.05, 4.69) is 27.8 Å². The first kappa shape index (κ1) is 14.3. The standard InChI is InChI=1S/C13H17BrN2O3/c1-3-11-8-15(7-9(2)19-11)13-5-4-10(16(17)18)6-12(13)14/h4-6,9,11H,3,7-8H2,1-2H3. The molecule has 1 aliphatic rings. The fourth-order valence-electron chi connectivity index (χ4n) is 2.33. The molecule has 0 spiro atoms. The van der Waals surface area contributed by atoms with Crippen LogP contribution in [-0.2, 0) is 4.74 Å². The highest BCUT2D eigenvalue weighted by Crippen LogP contribution is 2.32. The van der Waals surface area contributed by atoms with E-state index in [1.165, 1.54) is 0 Å². The molecule has 1 heterocycles. The van der Waals surface area contributed by atoms with Crippen LogP contribution in [0.3, 0.4) is 0 Å². The van der Waals surface area contributed by atoms with Gasteiger partial charge < -0.3 is 9.64 Å². The van der Waals surface area contributed by atoms with E-state index in [4.69, 9.17) is 4.74 Å². The summed E-state index contributed by atoms with van der Waals surface area (Å²) in [4.78, 5) is 12.6. The van der Waals surface area contributed by atoms with Crippen molar-refractivity contribution < 1.29 is 9.66 Å². The van der Waals surface area contributed by atoms with Gasteiger partial charge in [-0.05, 0) is 35.3 Å². The van der Waals surface area contributed by atoms with Crippen molar-refractivity contribution in [2.24, 2.45) is 0 Å². The van der Waals surface area contributed by atoms with Crippen LogP contribution in [0.25, 0.3) is 0 Å². The van der Waals surface area contributed by atoms with Crippen LogP contribution in [0.5, 0.6) is 0 Å². The van der Waals surface area contributed by atoms with Gasteiger partial charge in [-0.2, -0.15) is 0 Å². The summed E-state index contributed by atoms with van der Waals surface area (Å²) in [5, 5.41) is 10.7. The summed E-state index contributed by atoms with van der Waals surface area (Å²) in [7, 11) is 0. The Kier molecular flexibility index (Phi) is 4.42. The molecule has 0 aromatic heterocycles. The molecule has 1 saturated heterocycles. The van der Waals surface area contributed by atoms with Gasteiger partial charge in [-0.15, -0.1) is 0 Å². The van der Waals surface area contributed by atoms with E-state index >= 15 is 0 Å². The van der Waals surface area contributed by atoms with Crippen LogP contribution >= 0.6 is 15.9 Å². The maximum absolute atomic E-state index is 10.7. The van der Waals surface area contributed by atoms with E-state index in [-0.39, 0.29) is 22.8 Å². The molecule has 0 amide bonds. The molecule has 0 saturated carbocycles. The highest BCUT2D eigenvalue weighted by Gasteiger charge is 2.25. The van der Waals surface area contributed by atoms with Gasteiger partial charge in [0.15, 0.2) is 0 Å². The zero-order valence-corrected chi connectivity index (χ0v) is 12.6. The number of halogens is 1. The number of ether oxygens (including phenoxy) is 1. The van der Waals surface area contributed by atoms with Crippen LogP contribution in [0.15, 0.2) is 22.7 Å². The molecule has 0 N–H and O–H groups in total. The van der Waals surface area contributed by atoms with Gasteiger partial charge >= 0.3 is 0 Å². The van der Waals surface area contributed by atoms with Gasteiger partial charge in [-0.3, -0.25) is 10.1 Å². The monoisotopic (exact) mass is 328 g/mol. The molecular weight excluding hydrogens is 312 g/mol. The zero-order valence-electron chi connectivity index (χ0n) is 11.0. The Labute approximate surface area is 120 Å². The topological polar surface area (TPSA) is 55.6 Å². The molecule has 2 rings (SSSR count). The molecule has 104 valence electrons. The van der Waals surface area contributed by atoms with E-state index in [1.807, 2.05) is 6.92 Å². The summed E-state index contributed by atoms with van der Waals surface area (Å²) < 4.78 is 6.58. The fourth-order valence-corrected chi connectivity index (χ4v) is 2.95. The van der Waals surface area contributed by atoms with Crippen LogP contribution < -0.4 is 4.90 Å². The molecule has 1 aliphatic heterocycles. The summed E-state index contributed by atoms with van der Waals surface area (Å²) in [6, 6.07) is 4.89. The Morgan fingerprint density at radius 3 is 2.84 bits per heavy atom. The number of benzene rings is 1. The largest absolute Gasteiger partial charge is 0.372 e. The van der Waals surface area contributed by atoms with E-state index in [0.29, 0.717) is 0 Å². The number of anilines is 1. The summed E-state index contributed by atoms with van der Waals surface area (Å²) in [6.07, 6.45) is 1.34. The SMILES string of the molecule is CCC1CN(c2ccc([N+](=O)[O-])cc2Br)CC(C)O1. The van der Waals surface area contributed by atoms with Crippen LogP contribution in [0, 0.1) is 10.1 Å². The average Bonchev–Trinajstić information content (AvgIpc) is 2.37. The van der Waals surface area contributed by atoms with Crippen molar-refractivity contribution in [1.29, 1.82) is 0 Å². The fraction of sp³-hybridized carbons (Fsp3) is 0.538. The molecule has 5 nitrogen and oxygen atoms in total. The normalized spacial score (nSPS) is 23.4. The van der Waals surface area contributed by atoms with Crippen LogP contribution in [-0.4, -0.2) is 30.2 Å². The maximum Gasteiger partial charge on any atom is 0.270 e. The summed E-state index contributed by atoms with van der Waals surface area (Å²) >= 11 is 3.43. The minimum atomic E-state index is -0.384. The van der Waals surface area contributed by atoms with Crippen molar-refractivity contribution >= 4 is 27.3 Å². The van der Waals surface area contributed by atoms with Crippen LogP contribution in [0.1, 0.15) is 20.3 Å². The Bertz CT molecular complexity index is 481. The number of nitro groups is 1. The quantitative estimate of drug-likeness (QED) is 0.630. The van der Waals surface area contributed by atoms with Gasteiger partial charge in [0, 0.05) is 29.7 Å². The third kappa shape index (κ3) is 3.25. The minimum absolute atomic E-state index is 0.101. The van der Waals surface area contributed by atoms with Crippen molar-refractivity contribution in [3.8, 4) is 0 Å². The Balaban J connectivity index is 2.23. The smallest absolute Gasteiger partial charge is 0.270 e. The third-order valence-electron chi connectivity index (χ3n) is 3.26. The lowest BCUT2D eigenvalue weighted by molar-refractivity contribution is -0.384. The van der Waals surface area contributed by atoms with E-state index in [0.717, 1.165) is 29.7 Å². The van der Waals surface area contributed by atoms with Crippen molar-refractivity contribution in [2.45, 2.75) is 32.5 Å². The second kappa shape index (κ2) is 5.88. The van der Waals surface area contributed by atoms with Crippen molar-refractivity contribution in [1.82, 2.24) is 0 Å².